The molecule has 0 bridgehead atoms. The van der Waals surface area contributed by atoms with Gasteiger partial charge in [-0.15, -0.1) is 0 Å². The summed E-state index contributed by atoms with van der Waals surface area (Å²) in [7, 11) is 0. The fourth-order valence-electron chi connectivity index (χ4n) is 2.43. The molecule has 156 valence electrons. The highest BCUT2D eigenvalue weighted by Gasteiger charge is 2.16. The third-order valence-corrected chi connectivity index (χ3v) is 3.97. The van der Waals surface area contributed by atoms with Crippen LogP contribution in [0.1, 0.15) is 29.8 Å². The lowest BCUT2D eigenvalue weighted by atomic mass is 10.1. The van der Waals surface area contributed by atoms with E-state index in [2.05, 4.69) is 10.6 Å². The molecule has 1 aromatic heterocycles. The molecule has 0 aliphatic carbocycles. The Balaban J connectivity index is 0.00000420. The predicted molar refractivity (Wildman–Crippen MR) is 100 cm³/mol. The maximum absolute atomic E-state index is 11.9. The number of nitrogens with zero attached hydrogens (tertiary/aromatic N) is 1. The second-order valence-electron chi connectivity index (χ2n) is 6.43. The number of aromatic nitrogens is 1. The van der Waals surface area contributed by atoms with Crippen LogP contribution in [0.25, 0.3) is 0 Å². The van der Waals surface area contributed by atoms with Crippen LogP contribution in [0.2, 0.25) is 0 Å². The summed E-state index contributed by atoms with van der Waals surface area (Å²) in [5.74, 6) is -1.60. The number of alkyl carbamates (subject to hydrolysis) is 1. The van der Waals surface area contributed by atoms with Gasteiger partial charge >= 0.3 is 12.1 Å². The Hall–Kier alpha value is -3.13. The molecule has 0 aliphatic heterocycles. The number of pyridine rings is 1. The molecule has 1 heterocycles. The molecular formula is C20H24ClN3O5. The van der Waals surface area contributed by atoms with E-state index in [9.17, 15) is 14.4 Å². The molecule has 1 aromatic carbocycles. The molecule has 0 saturated heterocycles. The van der Waals surface area contributed by atoms with Crippen LogP contribution in [0.4, 0.5) is 4.79 Å². The highest BCUT2D eigenvalue weighted by Crippen LogP contribution is 2.03. The second kappa shape index (κ2) is 11.7. The Morgan fingerprint density at radius 3 is 2.24 bits per heavy atom. The lowest BCUT2D eigenvalue weighted by Crippen LogP contribution is -3.00. The molecule has 0 radical (unpaired) electrons. The van der Waals surface area contributed by atoms with Crippen LogP contribution >= 0.6 is 0 Å². The quantitative estimate of drug-likeness (QED) is 0.449. The Morgan fingerprint density at radius 1 is 1.03 bits per heavy atom. The summed E-state index contributed by atoms with van der Waals surface area (Å²) in [6.45, 7) is 3.26. The molecule has 0 unspecified atom stereocenters. The van der Waals surface area contributed by atoms with E-state index in [1.165, 1.54) is 19.1 Å². The Bertz CT molecular complexity index is 815. The minimum absolute atomic E-state index is 0. The van der Waals surface area contributed by atoms with Crippen LogP contribution in [0, 0.1) is 0 Å². The maximum atomic E-state index is 11.9. The fraction of sp³-hybridized carbons (Fsp3) is 0.300. The highest BCUT2D eigenvalue weighted by atomic mass is 35.5. The van der Waals surface area contributed by atoms with E-state index in [-0.39, 0.29) is 25.2 Å². The van der Waals surface area contributed by atoms with Gasteiger partial charge in [-0.1, -0.05) is 30.3 Å². The van der Waals surface area contributed by atoms with Gasteiger partial charge in [-0.2, -0.15) is 4.57 Å². The monoisotopic (exact) mass is 421 g/mol. The molecule has 9 heteroatoms. The largest absolute Gasteiger partial charge is 1.00 e. The molecule has 3 N–H and O–H groups in total. The third kappa shape index (κ3) is 8.18. The number of hydrogen-bond donors (Lipinski definition) is 3. The van der Waals surface area contributed by atoms with E-state index in [1.807, 2.05) is 37.3 Å². The van der Waals surface area contributed by atoms with Gasteiger partial charge in [0.15, 0.2) is 12.4 Å². The number of ether oxygens (including phenoxy) is 1. The van der Waals surface area contributed by atoms with E-state index < -0.39 is 24.0 Å². The summed E-state index contributed by atoms with van der Waals surface area (Å²) in [5.41, 5.74) is 1.43. The molecule has 2 atom stereocenters. The fourth-order valence-corrected chi connectivity index (χ4v) is 2.43. The first kappa shape index (κ1) is 23.9. The van der Waals surface area contributed by atoms with Crippen molar-refractivity contribution in [1.82, 2.24) is 10.6 Å². The van der Waals surface area contributed by atoms with Crippen molar-refractivity contribution in [1.29, 1.82) is 0 Å². The molecule has 0 aliphatic rings. The maximum Gasteiger partial charge on any atom is 0.412 e. The lowest BCUT2D eigenvalue weighted by Gasteiger charge is -2.13. The normalized spacial score (nSPS) is 12.1. The Morgan fingerprint density at radius 2 is 1.66 bits per heavy atom. The van der Waals surface area contributed by atoms with Gasteiger partial charge in [-0.25, -0.2) is 4.79 Å². The minimum atomic E-state index is -1.11. The first-order chi connectivity index (χ1) is 13.3. The molecule has 29 heavy (non-hydrogen) atoms. The number of halogens is 1. The Kier molecular flexibility index (Phi) is 9.61. The van der Waals surface area contributed by atoms with Gasteiger partial charge in [-0.3, -0.25) is 9.59 Å². The van der Waals surface area contributed by atoms with Gasteiger partial charge in [0, 0.05) is 18.2 Å². The van der Waals surface area contributed by atoms with Crippen LogP contribution in [0.5, 0.6) is 0 Å². The first-order valence-corrected chi connectivity index (χ1v) is 8.85. The molecule has 0 saturated carbocycles. The average Bonchev–Trinajstić information content (AvgIpc) is 2.67. The van der Waals surface area contributed by atoms with E-state index >= 15 is 0 Å². The number of carbonyl (C=O) groups excluding carboxylic acids is 2. The van der Waals surface area contributed by atoms with Gasteiger partial charge in [0.1, 0.15) is 6.04 Å². The van der Waals surface area contributed by atoms with Crippen molar-refractivity contribution in [3.8, 4) is 0 Å². The number of aliphatic carboxylic acids is 1. The standard InChI is InChI=1S/C20H23N3O5.ClH/c1-14(12-16-6-4-3-5-7-16)21-20(27)28-13-23-10-8-17(9-11-23)18(24)22-15(2)19(25)26;/h3-11,14-15H,12-13H2,1-2H3,(H2-,21,22,24,25,26,27);1H/t14-,15-;/m0./s1. The van der Waals surface area contributed by atoms with Crippen LogP contribution in [0.15, 0.2) is 54.9 Å². The minimum Gasteiger partial charge on any atom is -1.00 e. The molecule has 0 spiro atoms. The second-order valence-corrected chi connectivity index (χ2v) is 6.43. The van der Waals surface area contributed by atoms with Gasteiger partial charge in [0.05, 0.1) is 5.56 Å². The summed E-state index contributed by atoms with van der Waals surface area (Å²) in [6.07, 6.45) is 3.30. The number of hydrogen-bond acceptors (Lipinski definition) is 4. The Labute approximate surface area is 175 Å². The van der Waals surface area contributed by atoms with Crippen molar-refractivity contribution < 1.29 is 41.2 Å². The van der Waals surface area contributed by atoms with Crippen molar-refractivity contribution in [2.75, 3.05) is 0 Å². The topological polar surface area (TPSA) is 109 Å². The molecular weight excluding hydrogens is 398 g/mol. The van der Waals surface area contributed by atoms with Crippen molar-refractivity contribution in [2.45, 2.75) is 39.1 Å². The SMILES string of the molecule is C[C@H](NC(=O)c1cc[n+](COC(=O)N[C@@H](C)Cc2ccccc2)cc1)C(=O)O.[Cl-]. The zero-order chi connectivity index (χ0) is 20.5. The van der Waals surface area contributed by atoms with Crippen molar-refractivity contribution in [3.05, 3.63) is 66.0 Å². The van der Waals surface area contributed by atoms with Gasteiger partial charge in [-0.05, 0) is 25.8 Å². The molecule has 0 fully saturated rings. The third-order valence-electron chi connectivity index (χ3n) is 3.97. The van der Waals surface area contributed by atoms with Crippen LogP contribution in [-0.2, 0) is 22.7 Å². The zero-order valence-electron chi connectivity index (χ0n) is 16.2. The number of benzene rings is 1. The zero-order valence-corrected chi connectivity index (χ0v) is 16.9. The van der Waals surface area contributed by atoms with Crippen molar-refractivity contribution in [3.63, 3.8) is 0 Å². The average molecular weight is 422 g/mol. The van der Waals surface area contributed by atoms with Gasteiger partial charge in [0.25, 0.3) is 12.6 Å². The number of carboxylic acid groups (broad SMARTS) is 1. The molecule has 2 aromatic rings. The summed E-state index contributed by atoms with van der Waals surface area (Å²) in [4.78, 5) is 34.6. The number of rotatable bonds is 8. The lowest BCUT2D eigenvalue weighted by molar-refractivity contribution is -0.727. The van der Waals surface area contributed by atoms with E-state index in [0.29, 0.717) is 12.0 Å². The summed E-state index contributed by atoms with van der Waals surface area (Å²) >= 11 is 0. The summed E-state index contributed by atoms with van der Waals surface area (Å²) in [5, 5.41) is 13.9. The van der Waals surface area contributed by atoms with Crippen LogP contribution in [-0.4, -0.2) is 35.2 Å². The van der Waals surface area contributed by atoms with Crippen LogP contribution < -0.4 is 27.6 Å². The smallest absolute Gasteiger partial charge is 0.412 e. The van der Waals surface area contributed by atoms with Gasteiger partial charge in [0.2, 0.25) is 0 Å². The van der Waals surface area contributed by atoms with Crippen LogP contribution in [0.3, 0.4) is 0 Å². The molecule has 8 nitrogen and oxygen atoms in total. The van der Waals surface area contributed by atoms with Gasteiger partial charge < -0.3 is 32.9 Å². The number of amides is 2. The summed E-state index contributed by atoms with van der Waals surface area (Å²) in [6, 6.07) is 11.8. The van der Waals surface area contributed by atoms with Crippen molar-refractivity contribution >= 4 is 18.0 Å². The van der Waals surface area contributed by atoms with E-state index in [1.54, 1.807) is 17.0 Å². The van der Waals surface area contributed by atoms with E-state index in [0.717, 1.165) is 5.56 Å². The first-order valence-electron chi connectivity index (χ1n) is 8.85. The van der Waals surface area contributed by atoms with Crippen molar-refractivity contribution in [2.24, 2.45) is 0 Å². The number of nitrogens with one attached hydrogen (secondary N) is 2. The summed E-state index contributed by atoms with van der Waals surface area (Å²) < 4.78 is 6.75. The predicted octanol–water partition coefficient (Wildman–Crippen LogP) is -1.50. The number of carbonyl (C=O) groups is 3. The molecule has 2 amide bonds. The highest BCUT2D eigenvalue weighted by molar-refractivity contribution is 5.96. The number of carboxylic acids is 1. The molecule has 2 rings (SSSR count). The van der Waals surface area contributed by atoms with E-state index in [4.69, 9.17) is 9.84 Å².